The molecule has 5 heteroatoms. The first-order valence-corrected chi connectivity index (χ1v) is 8.14. The molecule has 0 saturated carbocycles. The van der Waals surface area contributed by atoms with Crippen LogP contribution in [0.4, 0.5) is 4.79 Å². The Morgan fingerprint density at radius 2 is 1.35 bits per heavy atom. The minimum Gasteiger partial charge on any atom is -0.307 e. The van der Waals surface area contributed by atoms with Gasteiger partial charge in [-0.05, 0) is 11.1 Å². The van der Waals surface area contributed by atoms with E-state index in [9.17, 15) is 9.59 Å². The molecule has 0 bridgehead atoms. The lowest BCUT2D eigenvalue weighted by Crippen LogP contribution is -2.35. The van der Waals surface area contributed by atoms with Crippen LogP contribution in [0.15, 0.2) is 60.7 Å². The molecule has 3 rings (SSSR count). The lowest BCUT2D eigenvalue weighted by atomic mass is 10.2. The van der Waals surface area contributed by atoms with E-state index < -0.39 is 6.04 Å². The van der Waals surface area contributed by atoms with Crippen LogP contribution >= 0.6 is 12.6 Å². The molecular formula is C18H18N2O2S. The Bertz CT molecular complexity index is 691. The highest BCUT2D eigenvalue weighted by Gasteiger charge is 2.43. The molecule has 0 radical (unpaired) electrons. The lowest BCUT2D eigenvalue weighted by Gasteiger charge is -2.20. The highest BCUT2D eigenvalue weighted by molar-refractivity contribution is 7.80. The van der Waals surface area contributed by atoms with Gasteiger partial charge in [0, 0.05) is 12.3 Å². The summed E-state index contributed by atoms with van der Waals surface area (Å²) >= 11 is 4.27. The number of hydrogen-bond donors (Lipinski definition) is 1. The van der Waals surface area contributed by atoms with Crippen molar-refractivity contribution in [3.8, 4) is 0 Å². The fourth-order valence-electron chi connectivity index (χ4n) is 2.74. The normalized spacial score (nSPS) is 17.9. The molecule has 0 N–H and O–H groups in total. The van der Waals surface area contributed by atoms with Crippen molar-refractivity contribution in [2.75, 3.05) is 5.75 Å². The van der Waals surface area contributed by atoms with Crippen LogP contribution in [0.5, 0.6) is 0 Å². The molecule has 1 atom stereocenters. The number of thiol groups is 1. The monoisotopic (exact) mass is 326 g/mol. The Hall–Kier alpha value is -2.27. The summed E-state index contributed by atoms with van der Waals surface area (Å²) < 4.78 is 0. The Morgan fingerprint density at radius 1 is 0.826 bits per heavy atom. The van der Waals surface area contributed by atoms with Gasteiger partial charge in [-0.3, -0.25) is 9.69 Å². The molecule has 2 aromatic carbocycles. The maximum atomic E-state index is 12.7. The van der Waals surface area contributed by atoms with Gasteiger partial charge in [0.15, 0.2) is 0 Å². The van der Waals surface area contributed by atoms with Crippen LogP contribution in [-0.2, 0) is 17.9 Å². The summed E-state index contributed by atoms with van der Waals surface area (Å²) in [6.45, 7) is 0.718. The molecule has 4 nitrogen and oxygen atoms in total. The third kappa shape index (κ3) is 3.24. The number of hydrogen-bond acceptors (Lipinski definition) is 3. The van der Waals surface area contributed by atoms with Gasteiger partial charge < -0.3 is 4.90 Å². The molecule has 1 aliphatic rings. The van der Waals surface area contributed by atoms with Crippen LogP contribution in [0, 0.1) is 0 Å². The van der Waals surface area contributed by atoms with Crippen molar-refractivity contribution >= 4 is 24.6 Å². The molecule has 1 fully saturated rings. The highest BCUT2D eigenvalue weighted by Crippen LogP contribution is 2.23. The number of carbonyl (C=O) groups excluding carboxylic acids is 2. The fraction of sp³-hybridized carbons (Fsp3) is 0.222. The van der Waals surface area contributed by atoms with E-state index >= 15 is 0 Å². The lowest BCUT2D eigenvalue weighted by molar-refractivity contribution is -0.128. The van der Waals surface area contributed by atoms with E-state index in [0.29, 0.717) is 18.8 Å². The summed E-state index contributed by atoms with van der Waals surface area (Å²) in [5, 5.41) is 0. The van der Waals surface area contributed by atoms with Crippen LogP contribution in [0.25, 0.3) is 0 Å². The first-order chi connectivity index (χ1) is 11.2. The summed E-state index contributed by atoms with van der Waals surface area (Å²) in [6.07, 6.45) is 0. The van der Waals surface area contributed by atoms with E-state index in [-0.39, 0.29) is 11.9 Å². The molecule has 1 heterocycles. The van der Waals surface area contributed by atoms with Crippen LogP contribution in [0.1, 0.15) is 11.1 Å². The van der Waals surface area contributed by atoms with Gasteiger partial charge >= 0.3 is 6.03 Å². The summed E-state index contributed by atoms with van der Waals surface area (Å²) in [6, 6.07) is 18.5. The standard InChI is InChI=1S/C18H18N2O2S/c21-17-16(13-23)19(11-14-7-3-1-4-8-14)18(22)20(17)12-15-9-5-2-6-10-15/h1-10,16,23H,11-13H2/t16-/m0/s1. The van der Waals surface area contributed by atoms with Gasteiger partial charge in [-0.25, -0.2) is 4.79 Å². The number of urea groups is 1. The average Bonchev–Trinajstić information content (AvgIpc) is 2.81. The van der Waals surface area contributed by atoms with E-state index in [1.165, 1.54) is 4.90 Å². The second kappa shape index (κ2) is 6.87. The van der Waals surface area contributed by atoms with Crippen molar-refractivity contribution in [1.29, 1.82) is 0 Å². The first-order valence-electron chi connectivity index (χ1n) is 7.51. The van der Waals surface area contributed by atoms with Gasteiger partial charge in [0.25, 0.3) is 5.91 Å². The topological polar surface area (TPSA) is 40.6 Å². The third-order valence-electron chi connectivity index (χ3n) is 3.96. The van der Waals surface area contributed by atoms with Crippen molar-refractivity contribution in [3.05, 3.63) is 71.8 Å². The molecule has 118 valence electrons. The molecule has 3 amide bonds. The SMILES string of the molecule is O=C1[C@H](CS)N(Cc2ccccc2)C(=O)N1Cc1ccccc1. The highest BCUT2D eigenvalue weighted by atomic mass is 32.1. The largest absolute Gasteiger partial charge is 0.328 e. The summed E-state index contributed by atoms with van der Waals surface area (Å²) in [5.74, 6) is 0.146. The Labute approximate surface area is 141 Å². The minimum atomic E-state index is -0.505. The van der Waals surface area contributed by atoms with Gasteiger partial charge in [-0.15, -0.1) is 0 Å². The molecule has 0 spiro atoms. The van der Waals surface area contributed by atoms with E-state index in [0.717, 1.165) is 11.1 Å². The molecule has 0 aromatic heterocycles. The predicted octanol–water partition coefficient (Wildman–Crippen LogP) is 2.95. The number of imide groups is 1. The summed E-state index contributed by atoms with van der Waals surface area (Å²) in [7, 11) is 0. The number of nitrogens with zero attached hydrogens (tertiary/aromatic N) is 2. The Balaban J connectivity index is 1.81. The van der Waals surface area contributed by atoms with Crippen molar-refractivity contribution in [1.82, 2.24) is 9.80 Å². The maximum Gasteiger partial charge on any atom is 0.328 e. The molecule has 0 unspecified atom stereocenters. The molecule has 23 heavy (non-hydrogen) atoms. The zero-order valence-corrected chi connectivity index (χ0v) is 13.5. The van der Waals surface area contributed by atoms with Crippen LogP contribution < -0.4 is 0 Å². The second-order valence-electron chi connectivity index (χ2n) is 5.50. The quantitative estimate of drug-likeness (QED) is 0.678. The second-order valence-corrected chi connectivity index (χ2v) is 5.87. The van der Waals surface area contributed by atoms with E-state index in [1.807, 2.05) is 60.7 Å². The fourth-order valence-corrected chi connectivity index (χ4v) is 3.10. The van der Waals surface area contributed by atoms with Crippen LogP contribution in [0.3, 0.4) is 0 Å². The number of rotatable bonds is 5. The van der Waals surface area contributed by atoms with E-state index in [2.05, 4.69) is 12.6 Å². The number of benzene rings is 2. The molecule has 0 aliphatic carbocycles. The van der Waals surface area contributed by atoms with Gasteiger partial charge in [0.05, 0.1) is 6.54 Å². The average molecular weight is 326 g/mol. The molecule has 2 aromatic rings. The Morgan fingerprint density at radius 3 is 1.87 bits per heavy atom. The molecule has 1 saturated heterocycles. The van der Waals surface area contributed by atoms with Crippen molar-refractivity contribution in [2.45, 2.75) is 19.1 Å². The van der Waals surface area contributed by atoms with Gasteiger partial charge in [-0.2, -0.15) is 12.6 Å². The Kier molecular flexibility index (Phi) is 4.67. The van der Waals surface area contributed by atoms with Crippen LogP contribution in [-0.4, -0.2) is 33.5 Å². The zero-order valence-electron chi connectivity index (χ0n) is 12.6. The zero-order chi connectivity index (χ0) is 16.2. The smallest absolute Gasteiger partial charge is 0.307 e. The first kappa shape index (κ1) is 15.6. The van der Waals surface area contributed by atoms with Crippen LogP contribution in [0.2, 0.25) is 0 Å². The van der Waals surface area contributed by atoms with E-state index in [1.54, 1.807) is 4.90 Å². The predicted molar refractivity (Wildman–Crippen MR) is 92.0 cm³/mol. The molecule has 1 aliphatic heterocycles. The summed E-state index contributed by atoms with van der Waals surface area (Å²) in [5.41, 5.74) is 1.94. The van der Waals surface area contributed by atoms with Gasteiger partial charge in [0.2, 0.25) is 0 Å². The molecular weight excluding hydrogens is 308 g/mol. The van der Waals surface area contributed by atoms with Crippen molar-refractivity contribution < 1.29 is 9.59 Å². The van der Waals surface area contributed by atoms with Crippen molar-refractivity contribution in [2.24, 2.45) is 0 Å². The number of amides is 3. The van der Waals surface area contributed by atoms with Gasteiger partial charge in [-0.1, -0.05) is 60.7 Å². The third-order valence-corrected chi connectivity index (χ3v) is 4.30. The van der Waals surface area contributed by atoms with Gasteiger partial charge in [0.1, 0.15) is 6.04 Å². The maximum absolute atomic E-state index is 12.7. The number of carbonyl (C=O) groups is 2. The minimum absolute atomic E-state index is 0.176. The van der Waals surface area contributed by atoms with Crippen molar-refractivity contribution in [3.63, 3.8) is 0 Å². The summed E-state index contributed by atoms with van der Waals surface area (Å²) in [4.78, 5) is 28.2. The van der Waals surface area contributed by atoms with E-state index in [4.69, 9.17) is 0 Å².